The largest absolute Gasteiger partial charge is 0.391 e. The molecule has 3 rings (SSSR count). The molecule has 8 heteroatoms. The van der Waals surface area contributed by atoms with Gasteiger partial charge in [-0.15, -0.1) is 0 Å². The number of amides is 1. The Morgan fingerprint density at radius 2 is 2.17 bits per heavy atom. The third-order valence-electron chi connectivity index (χ3n) is 4.01. The summed E-state index contributed by atoms with van der Waals surface area (Å²) in [6.45, 7) is 1.23. The topological polar surface area (TPSA) is 99.1 Å². The number of aliphatic hydroxyl groups excluding tert-OH is 1. The van der Waals surface area contributed by atoms with Crippen LogP contribution in [0.25, 0.3) is 0 Å². The van der Waals surface area contributed by atoms with Gasteiger partial charge in [0.2, 0.25) is 5.91 Å². The minimum absolute atomic E-state index is 0.0674. The van der Waals surface area contributed by atoms with Gasteiger partial charge in [0.05, 0.1) is 17.5 Å². The molecule has 124 valence electrons. The Bertz CT molecular complexity index is 745. The highest BCUT2D eigenvalue weighted by Gasteiger charge is 2.30. The molecule has 0 spiro atoms. The van der Waals surface area contributed by atoms with Crippen LogP contribution in [0.1, 0.15) is 24.8 Å². The lowest BCUT2D eigenvalue weighted by atomic mass is 10.1. The van der Waals surface area contributed by atoms with Crippen molar-refractivity contribution < 1.29 is 18.3 Å². The van der Waals surface area contributed by atoms with Gasteiger partial charge < -0.3 is 10.0 Å². The molecule has 1 aromatic rings. The van der Waals surface area contributed by atoms with Crippen molar-refractivity contribution in [3.8, 4) is 0 Å². The minimum Gasteiger partial charge on any atom is -0.391 e. The van der Waals surface area contributed by atoms with Gasteiger partial charge in [-0.05, 0) is 25.0 Å². The molecular weight excluding hydrogens is 318 g/mol. The summed E-state index contributed by atoms with van der Waals surface area (Å²) < 4.78 is 26.3. The predicted octanol–water partition coefficient (Wildman–Crippen LogP) is 0.0985. The number of sulfonamides is 1. The van der Waals surface area contributed by atoms with E-state index in [1.165, 1.54) is 6.07 Å². The van der Waals surface area contributed by atoms with Crippen LogP contribution in [0, 0.1) is 0 Å². The minimum atomic E-state index is -3.54. The number of hydrogen-bond acceptors (Lipinski definition) is 5. The average Bonchev–Trinajstić information content (AvgIpc) is 2.79. The summed E-state index contributed by atoms with van der Waals surface area (Å²) in [5.41, 5.74) is 0.536. The lowest BCUT2D eigenvalue weighted by Crippen LogP contribution is -2.42. The number of amidine groups is 1. The highest BCUT2D eigenvalue weighted by molar-refractivity contribution is 7.90. The van der Waals surface area contributed by atoms with Crippen LogP contribution in [-0.4, -0.2) is 55.9 Å². The van der Waals surface area contributed by atoms with Crippen LogP contribution in [0.5, 0.6) is 0 Å². The van der Waals surface area contributed by atoms with Crippen molar-refractivity contribution in [3.63, 3.8) is 0 Å². The Morgan fingerprint density at radius 1 is 1.39 bits per heavy atom. The summed E-state index contributed by atoms with van der Waals surface area (Å²) in [7, 11) is -3.54. The van der Waals surface area contributed by atoms with Gasteiger partial charge in [0.1, 0.15) is 5.84 Å². The maximum Gasteiger partial charge on any atom is 0.263 e. The second-order valence-corrected chi connectivity index (χ2v) is 7.37. The van der Waals surface area contributed by atoms with Gasteiger partial charge in [0.15, 0.2) is 0 Å². The lowest BCUT2D eigenvalue weighted by molar-refractivity contribution is -0.133. The number of carbonyl (C=O) groups is 1. The molecule has 2 aliphatic heterocycles. The first-order chi connectivity index (χ1) is 11.0. The van der Waals surface area contributed by atoms with Crippen molar-refractivity contribution >= 4 is 21.8 Å². The first-order valence-electron chi connectivity index (χ1n) is 7.60. The maximum atomic E-state index is 12.1. The van der Waals surface area contributed by atoms with Gasteiger partial charge in [0, 0.05) is 25.1 Å². The van der Waals surface area contributed by atoms with Crippen LogP contribution in [0.2, 0.25) is 0 Å². The number of fused-ring (bicyclic) bond motifs is 1. The van der Waals surface area contributed by atoms with Gasteiger partial charge in [0.25, 0.3) is 10.0 Å². The number of nitrogens with one attached hydrogen (secondary N) is 1. The molecule has 1 atom stereocenters. The predicted molar refractivity (Wildman–Crippen MR) is 84.6 cm³/mol. The van der Waals surface area contributed by atoms with E-state index < -0.39 is 16.1 Å². The molecular formula is C15H19N3O4S. The van der Waals surface area contributed by atoms with E-state index in [1.54, 1.807) is 23.1 Å². The zero-order valence-corrected chi connectivity index (χ0v) is 13.4. The molecule has 1 saturated heterocycles. The molecule has 2 N–H and O–H groups in total. The van der Waals surface area contributed by atoms with Crippen LogP contribution in [0.4, 0.5) is 0 Å². The summed E-state index contributed by atoms with van der Waals surface area (Å²) >= 11 is 0. The second kappa shape index (κ2) is 6.29. The van der Waals surface area contributed by atoms with E-state index >= 15 is 0 Å². The second-order valence-electron chi connectivity index (χ2n) is 5.72. The van der Waals surface area contributed by atoms with Crippen molar-refractivity contribution in [2.45, 2.75) is 30.3 Å². The molecule has 1 aromatic carbocycles. The highest BCUT2D eigenvalue weighted by atomic mass is 32.2. The quantitative estimate of drug-likeness (QED) is 0.817. The maximum absolute atomic E-state index is 12.1. The van der Waals surface area contributed by atoms with Crippen molar-refractivity contribution in [3.05, 3.63) is 29.8 Å². The fourth-order valence-corrected chi connectivity index (χ4v) is 4.10. The van der Waals surface area contributed by atoms with E-state index in [1.807, 2.05) is 0 Å². The fourth-order valence-electron chi connectivity index (χ4n) is 2.85. The number of carbonyl (C=O) groups excluding carboxylic acids is 1. The number of piperidine rings is 1. The molecule has 0 radical (unpaired) electrons. The van der Waals surface area contributed by atoms with Crippen LogP contribution in [0.15, 0.2) is 34.2 Å². The van der Waals surface area contributed by atoms with Crippen LogP contribution in [-0.2, 0) is 14.8 Å². The van der Waals surface area contributed by atoms with E-state index in [9.17, 15) is 18.3 Å². The molecule has 1 fully saturated rings. The van der Waals surface area contributed by atoms with E-state index in [2.05, 4.69) is 9.71 Å². The Balaban J connectivity index is 1.64. The molecule has 0 bridgehead atoms. The van der Waals surface area contributed by atoms with E-state index in [0.29, 0.717) is 18.7 Å². The Morgan fingerprint density at radius 3 is 2.96 bits per heavy atom. The molecule has 2 heterocycles. The van der Waals surface area contributed by atoms with Crippen LogP contribution >= 0.6 is 0 Å². The number of aliphatic hydroxyl groups is 1. The van der Waals surface area contributed by atoms with Gasteiger partial charge in [-0.25, -0.2) is 8.42 Å². The summed E-state index contributed by atoms with van der Waals surface area (Å²) in [5, 5.41) is 9.60. The van der Waals surface area contributed by atoms with Crippen molar-refractivity contribution in [2.75, 3.05) is 19.6 Å². The van der Waals surface area contributed by atoms with E-state index in [4.69, 9.17) is 0 Å². The number of nitrogens with zero attached hydrogens (tertiary/aromatic N) is 2. The van der Waals surface area contributed by atoms with Crippen molar-refractivity contribution in [1.29, 1.82) is 0 Å². The standard InChI is InChI=1S/C15H19N3O4S/c19-11-4-3-9-18(10-11)14(20)7-8-16-15-12-5-1-2-6-13(12)23(21,22)17-15/h1-2,5-6,11,19H,3-4,7-10H2,(H,16,17). The molecule has 7 nitrogen and oxygen atoms in total. The molecule has 1 unspecified atom stereocenters. The Kier molecular flexibility index (Phi) is 4.36. The number of β-amino-alcohol motifs (C(OH)–C–C–N with tert-alkyl or cyclic N) is 1. The van der Waals surface area contributed by atoms with Crippen molar-refractivity contribution in [2.24, 2.45) is 4.99 Å². The zero-order chi connectivity index (χ0) is 16.4. The first-order valence-corrected chi connectivity index (χ1v) is 9.08. The third kappa shape index (κ3) is 3.37. The summed E-state index contributed by atoms with van der Waals surface area (Å²) in [6.07, 6.45) is 1.27. The monoisotopic (exact) mass is 337 g/mol. The fraction of sp³-hybridized carbons (Fsp3) is 0.467. The van der Waals surface area contributed by atoms with E-state index in [0.717, 1.165) is 12.8 Å². The smallest absolute Gasteiger partial charge is 0.263 e. The molecule has 0 saturated carbocycles. The normalized spacial score (nSPS) is 24.3. The zero-order valence-electron chi connectivity index (χ0n) is 12.6. The Hall–Kier alpha value is -1.93. The summed E-state index contributed by atoms with van der Waals surface area (Å²) in [4.78, 5) is 18.2. The molecule has 2 aliphatic rings. The van der Waals surface area contributed by atoms with Gasteiger partial charge in [-0.3, -0.25) is 14.5 Å². The van der Waals surface area contributed by atoms with Crippen LogP contribution in [0.3, 0.4) is 0 Å². The van der Waals surface area contributed by atoms with Crippen molar-refractivity contribution in [1.82, 2.24) is 9.62 Å². The van der Waals surface area contributed by atoms with Gasteiger partial charge >= 0.3 is 0 Å². The van der Waals surface area contributed by atoms with Gasteiger partial charge in [-0.2, -0.15) is 0 Å². The number of benzene rings is 1. The summed E-state index contributed by atoms with van der Waals surface area (Å²) in [6, 6.07) is 6.62. The first kappa shape index (κ1) is 15.9. The number of hydrogen-bond donors (Lipinski definition) is 2. The molecule has 23 heavy (non-hydrogen) atoms. The highest BCUT2D eigenvalue weighted by Crippen LogP contribution is 2.22. The number of aliphatic imine (C=N–C) groups is 1. The van der Waals surface area contributed by atoms with E-state index in [-0.39, 0.29) is 29.6 Å². The number of likely N-dealkylation sites (tertiary alicyclic amines) is 1. The SMILES string of the molecule is O=C(CCN=C1NS(=O)(=O)c2ccccc21)N1CCCC(O)C1. The van der Waals surface area contributed by atoms with Crippen LogP contribution < -0.4 is 4.72 Å². The molecule has 0 aromatic heterocycles. The molecule has 0 aliphatic carbocycles. The van der Waals surface area contributed by atoms with Gasteiger partial charge in [-0.1, -0.05) is 12.1 Å². The molecule has 1 amide bonds. The lowest BCUT2D eigenvalue weighted by Gasteiger charge is -2.30. The summed E-state index contributed by atoms with van der Waals surface area (Å²) in [5.74, 6) is 0.217. The third-order valence-corrected chi connectivity index (χ3v) is 5.40. The average molecular weight is 337 g/mol. The Labute approximate surface area is 135 Å². The number of rotatable bonds is 3.